The molecule has 19 heavy (non-hydrogen) atoms. The van der Waals surface area contributed by atoms with E-state index in [-0.39, 0.29) is 5.78 Å². The van der Waals surface area contributed by atoms with Crippen LogP contribution in [0.25, 0.3) is 0 Å². The average Bonchev–Trinajstić information content (AvgIpc) is 2.86. The van der Waals surface area contributed by atoms with Gasteiger partial charge in [0, 0.05) is 24.6 Å². The third-order valence-corrected chi connectivity index (χ3v) is 2.89. The predicted octanol–water partition coefficient (Wildman–Crippen LogP) is 2.11. The molecule has 1 heterocycles. The van der Waals surface area contributed by atoms with Crippen molar-refractivity contribution in [1.82, 2.24) is 9.55 Å². The maximum atomic E-state index is 12.6. The molecule has 5 heteroatoms. The number of ketones is 1. The van der Waals surface area contributed by atoms with Crippen LogP contribution in [0.2, 0.25) is 0 Å². The highest BCUT2D eigenvalue weighted by molar-refractivity contribution is 6.12. The number of nitrogen functional groups attached to an aromatic ring is 1. The highest BCUT2D eigenvalue weighted by Crippen LogP contribution is 2.26. The Balaban J connectivity index is 2.47. The second-order valence-electron chi connectivity index (χ2n) is 4.20. The molecule has 2 aromatic rings. The number of nitrogens with zero attached hydrogens (tertiary/aromatic N) is 2. The quantitative estimate of drug-likeness (QED) is 0.659. The van der Waals surface area contributed by atoms with Crippen molar-refractivity contribution >= 4 is 11.5 Å². The standard InChI is InChI=1S/C14H17N3O2/c1-3-8-17-9-7-16-14(17)13(18)12-10(15)5-4-6-11(12)19-2/h4-7,9H,3,8,15H2,1-2H3. The smallest absolute Gasteiger partial charge is 0.234 e. The molecule has 0 bridgehead atoms. The first-order valence-electron chi connectivity index (χ1n) is 6.17. The first-order valence-corrected chi connectivity index (χ1v) is 6.17. The molecule has 0 saturated heterocycles. The van der Waals surface area contributed by atoms with Gasteiger partial charge in [0.25, 0.3) is 0 Å². The molecule has 0 aliphatic rings. The fraction of sp³-hybridized carbons (Fsp3) is 0.286. The summed E-state index contributed by atoms with van der Waals surface area (Å²) in [5, 5.41) is 0. The lowest BCUT2D eigenvalue weighted by molar-refractivity contribution is 0.102. The van der Waals surface area contributed by atoms with E-state index in [4.69, 9.17) is 10.5 Å². The third-order valence-electron chi connectivity index (χ3n) is 2.89. The molecule has 2 rings (SSSR count). The summed E-state index contributed by atoms with van der Waals surface area (Å²) in [6.07, 6.45) is 4.34. The summed E-state index contributed by atoms with van der Waals surface area (Å²) in [5.74, 6) is 0.641. The molecule has 1 aromatic heterocycles. The molecule has 0 amide bonds. The molecule has 0 spiro atoms. The lowest BCUT2D eigenvalue weighted by Gasteiger charge is -2.11. The number of carbonyl (C=O) groups excluding carboxylic acids is 1. The van der Waals surface area contributed by atoms with E-state index in [9.17, 15) is 4.79 Å². The second-order valence-corrected chi connectivity index (χ2v) is 4.20. The lowest BCUT2D eigenvalue weighted by atomic mass is 10.1. The largest absolute Gasteiger partial charge is 0.496 e. The van der Waals surface area contributed by atoms with Crippen molar-refractivity contribution in [2.24, 2.45) is 0 Å². The molecule has 0 aliphatic carbocycles. The molecule has 100 valence electrons. The number of rotatable bonds is 5. The first kappa shape index (κ1) is 13.1. The van der Waals surface area contributed by atoms with E-state index in [1.54, 1.807) is 30.6 Å². The molecular formula is C14H17N3O2. The van der Waals surface area contributed by atoms with Gasteiger partial charge >= 0.3 is 0 Å². The van der Waals surface area contributed by atoms with Crippen LogP contribution in [0.3, 0.4) is 0 Å². The Morgan fingerprint density at radius 1 is 1.47 bits per heavy atom. The van der Waals surface area contributed by atoms with Gasteiger partial charge in [0.1, 0.15) is 5.75 Å². The van der Waals surface area contributed by atoms with Crippen molar-refractivity contribution in [3.63, 3.8) is 0 Å². The second kappa shape index (κ2) is 5.56. The van der Waals surface area contributed by atoms with Crippen LogP contribution >= 0.6 is 0 Å². The van der Waals surface area contributed by atoms with E-state index in [1.165, 1.54) is 7.11 Å². The summed E-state index contributed by atoms with van der Waals surface area (Å²) in [6, 6.07) is 5.16. The fourth-order valence-electron chi connectivity index (χ4n) is 2.01. The molecular weight excluding hydrogens is 242 g/mol. The molecule has 0 aliphatic heterocycles. The molecule has 0 saturated carbocycles. The number of methoxy groups -OCH3 is 1. The zero-order valence-electron chi connectivity index (χ0n) is 11.1. The Morgan fingerprint density at radius 2 is 2.26 bits per heavy atom. The van der Waals surface area contributed by atoms with Gasteiger partial charge in [-0.1, -0.05) is 13.0 Å². The van der Waals surface area contributed by atoms with Crippen LogP contribution in [-0.2, 0) is 6.54 Å². The number of hydrogen-bond donors (Lipinski definition) is 1. The highest BCUT2D eigenvalue weighted by atomic mass is 16.5. The maximum Gasteiger partial charge on any atom is 0.234 e. The first-order chi connectivity index (χ1) is 9.19. The third kappa shape index (κ3) is 2.45. The van der Waals surface area contributed by atoms with Gasteiger partial charge in [0.15, 0.2) is 5.82 Å². The SMILES string of the molecule is CCCn1ccnc1C(=O)c1c(N)cccc1OC. The van der Waals surface area contributed by atoms with Crippen molar-refractivity contribution < 1.29 is 9.53 Å². The Bertz CT molecular complexity index is 590. The highest BCUT2D eigenvalue weighted by Gasteiger charge is 2.21. The van der Waals surface area contributed by atoms with Crippen molar-refractivity contribution in [2.45, 2.75) is 19.9 Å². The normalized spacial score (nSPS) is 10.4. The van der Waals surface area contributed by atoms with Gasteiger partial charge in [0.05, 0.1) is 12.7 Å². The van der Waals surface area contributed by atoms with E-state index in [0.717, 1.165) is 13.0 Å². The number of benzene rings is 1. The zero-order chi connectivity index (χ0) is 13.8. The van der Waals surface area contributed by atoms with Crippen LogP contribution < -0.4 is 10.5 Å². The van der Waals surface area contributed by atoms with E-state index in [2.05, 4.69) is 4.98 Å². The van der Waals surface area contributed by atoms with Crippen LogP contribution in [0.4, 0.5) is 5.69 Å². The molecule has 0 atom stereocenters. The Hall–Kier alpha value is -2.30. The summed E-state index contributed by atoms with van der Waals surface area (Å²) in [6.45, 7) is 2.79. The number of aryl methyl sites for hydroxylation is 1. The number of anilines is 1. The van der Waals surface area contributed by atoms with E-state index < -0.39 is 0 Å². The van der Waals surface area contributed by atoms with Gasteiger partial charge in [0.2, 0.25) is 5.78 Å². The van der Waals surface area contributed by atoms with Crippen LogP contribution in [0.1, 0.15) is 29.5 Å². The van der Waals surface area contributed by atoms with Gasteiger partial charge in [-0.2, -0.15) is 0 Å². The number of carbonyl (C=O) groups is 1. The maximum absolute atomic E-state index is 12.6. The molecule has 2 N–H and O–H groups in total. The molecule has 5 nitrogen and oxygen atoms in total. The van der Waals surface area contributed by atoms with Crippen molar-refractivity contribution in [3.8, 4) is 5.75 Å². The molecule has 0 radical (unpaired) electrons. The minimum atomic E-state index is -0.214. The number of ether oxygens (including phenoxy) is 1. The van der Waals surface area contributed by atoms with Crippen molar-refractivity contribution in [1.29, 1.82) is 0 Å². The Labute approximate surface area is 112 Å². The van der Waals surface area contributed by atoms with Gasteiger partial charge in [-0.05, 0) is 18.6 Å². The van der Waals surface area contributed by atoms with E-state index in [1.807, 2.05) is 11.5 Å². The fourth-order valence-corrected chi connectivity index (χ4v) is 2.01. The molecule has 1 aromatic carbocycles. The van der Waals surface area contributed by atoms with Gasteiger partial charge in [-0.15, -0.1) is 0 Å². The summed E-state index contributed by atoms with van der Waals surface area (Å²) in [5.41, 5.74) is 6.66. The number of imidazole rings is 1. The van der Waals surface area contributed by atoms with Gasteiger partial charge in [-0.3, -0.25) is 4.79 Å². The molecule has 0 fully saturated rings. The average molecular weight is 259 g/mol. The summed E-state index contributed by atoms with van der Waals surface area (Å²) in [7, 11) is 1.52. The van der Waals surface area contributed by atoms with E-state index in [0.29, 0.717) is 22.8 Å². The Morgan fingerprint density at radius 3 is 2.95 bits per heavy atom. The zero-order valence-corrected chi connectivity index (χ0v) is 11.1. The van der Waals surface area contributed by atoms with Crippen LogP contribution in [0.15, 0.2) is 30.6 Å². The van der Waals surface area contributed by atoms with Crippen LogP contribution in [0.5, 0.6) is 5.75 Å². The van der Waals surface area contributed by atoms with Crippen molar-refractivity contribution in [3.05, 3.63) is 42.0 Å². The topological polar surface area (TPSA) is 70.1 Å². The van der Waals surface area contributed by atoms with E-state index >= 15 is 0 Å². The number of nitrogens with two attached hydrogens (primary N) is 1. The Kier molecular flexibility index (Phi) is 3.85. The van der Waals surface area contributed by atoms with Gasteiger partial charge < -0.3 is 15.0 Å². The molecule has 0 unspecified atom stereocenters. The van der Waals surface area contributed by atoms with Crippen LogP contribution in [-0.4, -0.2) is 22.4 Å². The minimum Gasteiger partial charge on any atom is -0.496 e. The monoisotopic (exact) mass is 259 g/mol. The van der Waals surface area contributed by atoms with Crippen molar-refractivity contribution in [2.75, 3.05) is 12.8 Å². The lowest BCUT2D eigenvalue weighted by Crippen LogP contribution is -2.14. The number of aromatic nitrogens is 2. The summed E-state index contributed by atoms with van der Waals surface area (Å²) < 4.78 is 7.03. The summed E-state index contributed by atoms with van der Waals surface area (Å²) >= 11 is 0. The minimum absolute atomic E-state index is 0.214. The summed E-state index contributed by atoms with van der Waals surface area (Å²) in [4.78, 5) is 16.7. The van der Waals surface area contributed by atoms with Gasteiger partial charge in [-0.25, -0.2) is 4.98 Å². The number of hydrogen-bond acceptors (Lipinski definition) is 4. The van der Waals surface area contributed by atoms with Crippen LogP contribution in [0, 0.1) is 0 Å². The predicted molar refractivity (Wildman–Crippen MR) is 73.4 cm³/mol.